The smallest absolute Gasteiger partial charge is 0.140 e. The normalized spacial score (nSPS) is 11.2. The Labute approximate surface area is 152 Å². The molecule has 0 aliphatic rings. The molecule has 25 heavy (non-hydrogen) atoms. The second-order valence-electron chi connectivity index (χ2n) is 5.67. The summed E-state index contributed by atoms with van der Waals surface area (Å²) >= 11 is 6.02. The monoisotopic (exact) mass is 354 g/mol. The standard InChI is InChI=1S/C21H19ClO3/c1-24-19-11-5-16(6-12-19)21(23,15-3-9-18(22)10-4-15)17-7-13-20(25-2)14-8-17/h3-14,23H,1-2H3. The first-order valence-electron chi connectivity index (χ1n) is 7.85. The molecule has 4 heteroatoms. The van der Waals surface area contributed by atoms with Crippen LogP contribution in [0.25, 0.3) is 0 Å². The first-order valence-corrected chi connectivity index (χ1v) is 8.23. The van der Waals surface area contributed by atoms with Crippen LogP contribution >= 0.6 is 11.6 Å². The fourth-order valence-corrected chi connectivity index (χ4v) is 2.98. The summed E-state index contributed by atoms with van der Waals surface area (Å²) < 4.78 is 10.4. The molecule has 128 valence electrons. The van der Waals surface area contributed by atoms with Crippen LogP contribution in [0.3, 0.4) is 0 Å². The van der Waals surface area contributed by atoms with Gasteiger partial charge in [0.15, 0.2) is 0 Å². The van der Waals surface area contributed by atoms with Crippen LogP contribution in [0.2, 0.25) is 5.02 Å². The lowest BCUT2D eigenvalue weighted by Gasteiger charge is -2.30. The van der Waals surface area contributed by atoms with E-state index < -0.39 is 5.60 Å². The second-order valence-corrected chi connectivity index (χ2v) is 6.11. The SMILES string of the molecule is COc1ccc(C(O)(c2ccc(Cl)cc2)c2ccc(OC)cc2)cc1. The first kappa shape index (κ1) is 17.3. The molecule has 0 bridgehead atoms. The van der Waals surface area contributed by atoms with Crippen molar-refractivity contribution < 1.29 is 14.6 Å². The van der Waals surface area contributed by atoms with Crippen molar-refractivity contribution in [2.24, 2.45) is 0 Å². The fourth-order valence-electron chi connectivity index (χ4n) is 2.86. The molecule has 0 aliphatic carbocycles. The van der Waals surface area contributed by atoms with Gasteiger partial charge in [0.1, 0.15) is 17.1 Å². The molecule has 0 amide bonds. The Morgan fingerprint density at radius 3 is 1.28 bits per heavy atom. The fraction of sp³-hybridized carbons (Fsp3) is 0.143. The van der Waals surface area contributed by atoms with E-state index >= 15 is 0 Å². The Bertz CT molecular complexity index is 777. The highest BCUT2D eigenvalue weighted by atomic mass is 35.5. The quantitative estimate of drug-likeness (QED) is 0.678. The van der Waals surface area contributed by atoms with Crippen molar-refractivity contribution in [3.05, 3.63) is 94.5 Å². The molecule has 0 spiro atoms. The van der Waals surface area contributed by atoms with Gasteiger partial charge in [0.2, 0.25) is 0 Å². The molecule has 0 heterocycles. The van der Waals surface area contributed by atoms with E-state index in [1.807, 2.05) is 60.7 Å². The number of ether oxygens (including phenoxy) is 2. The molecule has 0 radical (unpaired) electrons. The van der Waals surface area contributed by atoms with Crippen LogP contribution in [-0.4, -0.2) is 19.3 Å². The summed E-state index contributed by atoms with van der Waals surface area (Å²) in [7, 11) is 3.23. The van der Waals surface area contributed by atoms with Crippen LogP contribution in [0.15, 0.2) is 72.8 Å². The Morgan fingerprint density at radius 1 is 0.640 bits per heavy atom. The topological polar surface area (TPSA) is 38.7 Å². The third kappa shape index (κ3) is 3.34. The second kappa shape index (κ2) is 7.18. The van der Waals surface area contributed by atoms with Crippen LogP contribution < -0.4 is 9.47 Å². The molecule has 3 rings (SSSR count). The Kier molecular flexibility index (Phi) is 4.98. The number of methoxy groups -OCH3 is 2. The van der Waals surface area contributed by atoms with Crippen molar-refractivity contribution in [1.82, 2.24) is 0 Å². The van der Waals surface area contributed by atoms with Gasteiger partial charge in [0, 0.05) is 5.02 Å². The minimum atomic E-state index is -1.32. The summed E-state index contributed by atoms with van der Waals surface area (Å²) in [4.78, 5) is 0. The van der Waals surface area contributed by atoms with Gasteiger partial charge in [0.05, 0.1) is 14.2 Å². The average molecular weight is 355 g/mol. The van der Waals surface area contributed by atoms with Crippen molar-refractivity contribution in [3.63, 3.8) is 0 Å². The molecular formula is C21H19ClO3. The molecule has 0 saturated heterocycles. The third-order valence-corrected chi connectivity index (χ3v) is 4.53. The number of hydrogen-bond acceptors (Lipinski definition) is 3. The number of aliphatic hydroxyl groups is 1. The maximum Gasteiger partial charge on any atom is 0.140 e. The maximum atomic E-state index is 11.7. The lowest BCUT2D eigenvalue weighted by molar-refractivity contribution is 0.125. The lowest BCUT2D eigenvalue weighted by atomic mass is 9.80. The zero-order valence-corrected chi connectivity index (χ0v) is 14.8. The van der Waals surface area contributed by atoms with E-state index in [4.69, 9.17) is 21.1 Å². The van der Waals surface area contributed by atoms with E-state index in [-0.39, 0.29) is 0 Å². The predicted octanol–water partition coefficient (Wildman–Crippen LogP) is 4.64. The highest BCUT2D eigenvalue weighted by Crippen LogP contribution is 2.38. The van der Waals surface area contributed by atoms with Crippen LogP contribution in [0.5, 0.6) is 11.5 Å². The lowest BCUT2D eigenvalue weighted by Crippen LogP contribution is -2.28. The summed E-state index contributed by atoms with van der Waals surface area (Å²) in [5.74, 6) is 1.47. The van der Waals surface area contributed by atoms with Crippen LogP contribution in [0, 0.1) is 0 Å². The molecule has 0 fully saturated rings. The summed E-state index contributed by atoms with van der Waals surface area (Å²) in [5, 5.41) is 12.3. The molecule has 3 nitrogen and oxygen atoms in total. The van der Waals surface area contributed by atoms with E-state index in [2.05, 4.69) is 0 Å². The van der Waals surface area contributed by atoms with Crippen molar-refractivity contribution in [2.75, 3.05) is 14.2 Å². The highest BCUT2D eigenvalue weighted by molar-refractivity contribution is 6.30. The van der Waals surface area contributed by atoms with E-state index in [0.29, 0.717) is 5.02 Å². The number of halogens is 1. The van der Waals surface area contributed by atoms with Gasteiger partial charge in [-0.25, -0.2) is 0 Å². The number of hydrogen-bond donors (Lipinski definition) is 1. The Balaban J connectivity index is 2.16. The van der Waals surface area contributed by atoms with Crippen molar-refractivity contribution in [2.45, 2.75) is 5.60 Å². The molecular weight excluding hydrogens is 336 g/mol. The zero-order valence-electron chi connectivity index (χ0n) is 14.1. The average Bonchev–Trinajstić information content (AvgIpc) is 2.68. The molecule has 3 aromatic carbocycles. The summed E-state index contributed by atoms with van der Waals surface area (Å²) in [5.41, 5.74) is 0.886. The van der Waals surface area contributed by atoms with E-state index in [9.17, 15) is 5.11 Å². The van der Waals surface area contributed by atoms with Gasteiger partial charge in [-0.15, -0.1) is 0 Å². The number of benzene rings is 3. The van der Waals surface area contributed by atoms with E-state index in [1.54, 1.807) is 26.4 Å². The molecule has 0 aliphatic heterocycles. The van der Waals surface area contributed by atoms with Crippen molar-refractivity contribution in [1.29, 1.82) is 0 Å². The molecule has 0 unspecified atom stereocenters. The van der Waals surface area contributed by atoms with Crippen molar-refractivity contribution >= 4 is 11.6 Å². The molecule has 0 atom stereocenters. The third-order valence-electron chi connectivity index (χ3n) is 4.28. The first-order chi connectivity index (χ1) is 12.1. The largest absolute Gasteiger partial charge is 0.497 e. The molecule has 0 aromatic heterocycles. The van der Waals surface area contributed by atoms with Crippen LogP contribution in [0.1, 0.15) is 16.7 Å². The minimum absolute atomic E-state index is 0.621. The van der Waals surface area contributed by atoms with Gasteiger partial charge in [-0.1, -0.05) is 48.0 Å². The molecule has 0 saturated carbocycles. The predicted molar refractivity (Wildman–Crippen MR) is 99.5 cm³/mol. The van der Waals surface area contributed by atoms with Gasteiger partial charge < -0.3 is 14.6 Å². The van der Waals surface area contributed by atoms with Crippen LogP contribution in [0.4, 0.5) is 0 Å². The minimum Gasteiger partial charge on any atom is -0.497 e. The zero-order chi connectivity index (χ0) is 17.9. The van der Waals surface area contributed by atoms with Gasteiger partial charge in [-0.3, -0.25) is 0 Å². The molecule has 3 aromatic rings. The Hall–Kier alpha value is -2.49. The maximum absolute atomic E-state index is 11.7. The van der Waals surface area contributed by atoms with Crippen LogP contribution in [-0.2, 0) is 5.60 Å². The van der Waals surface area contributed by atoms with Gasteiger partial charge >= 0.3 is 0 Å². The van der Waals surface area contributed by atoms with Gasteiger partial charge in [0.25, 0.3) is 0 Å². The number of rotatable bonds is 5. The van der Waals surface area contributed by atoms with E-state index in [1.165, 1.54) is 0 Å². The van der Waals surface area contributed by atoms with Gasteiger partial charge in [-0.2, -0.15) is 0 Å². The van der Waals surface area contributed by atoms with Crippen molar-refractivity contribution in [3.8, 4) is 11.5 Å². The van der Waals surface area contributed by atoms with Gasteiger partial charge in [-0.05, 0) is 53.1 Å². The summed E-state index contributed by atoms with van der Waals surface area (Å²) in [6.45, 7) is 0. The summed E-state index contributed by atoms with van der Waals surface area (Å²) in [6, 6.07) is 22.0. The highest BCUT2D eigenvalue weighted by Gasteiger charge is 2.33. The van der Waals surface area contributed by atoms with E-state index in [0.717, 1.165) is 28.2 Å². The summed E-state index contributed by atoms with van der Waals surface area (Å²) in [6.07, 6.45) is 0. The Morgan fingerprint density at radius 2 is 0.960 bits per heavy atom. The molecule has 1 N–H and O–H groups in total.